The number of rotatable bonds is 4. The van der Waals surface area contributed by atoms with Crippen LogP contribution >= 0.6 is 15.9 Å². The Morgan fingerprint density at radius 2 is 1.75 bits per heavy atom. The normalized spacial score (nSPS) is 16.6. The fourth-order valence-corrected chi connectivity index (χ4v) is 2.92. The van der Waals surface area contributed by atoms with Crippen LogP contribution in [0.1, 0.15) is 25.0 Å². The summed E-state index contributed by atoms with van der Waals surface area (Å²) in [6.07, 6.45) is 1.51. The minimum atomic E-state index is -0.730. The van der Waals surface area contributed by atoms with Crippen molar-refractivity contribution in [3.05, 3.63) is 39.5 Å². The van der Waals surface area contributed by atoms with E-state index in [-0.39, 0.29) is 5.57 Å². The molecule has 6 nitrogen and oxygen atoms in total. The number of carbonyl (C=O) groups excluding carboxylic acids is 3. The van der Waals surface area contributed by atoms with E-state index in [2.05, 4.69) is 21.2 Å². The van der Waals surface area contributed by atoms with E-state index in [1.807, 2.05) is 38.7 Å². The molecule has 0 spiro atoms. The van der Waals surface area contributed by atoms with Gasteiger partial charge in [-0.2, -0.15) is 0 Å². The van der Waals surface area contributed by atoms with Crippen molar-refractivity contribution >= 4 is 39.5 Å². The van der Waals surface area contributed by atoms with Gasteiger partial charge in [-0.05, 0) is 51.0 Å². The first-order valence-electron chi connectivity index (χ1n) is 7.72. The fraction of sp³-hybridized carbons (Fsp3) is 0.353. The highest BCUT2D eigenvalue weighted by Gasteiger charge is 2.38. The van der Waals surface area contributed by atoms with Crippen LogP contribution in [0.25, 0.3) is 0 Å². The number of anilines is 1. The number of halogens is 1. The van der Waals surface area contributed by atoms with Gasteiger partial charge in [0, 0.05) is 23.8 Å². The number of nitrogens with one attached hydrogen (secondary N) is 1. The van der Waals surface area contributed by atoms with Gasteiger partial charge >= 0.3 is 6.03 Å². The molecule has 128 valence electrons. The third-order valence-corrected chi connectivity index (χ3v) is 4.80. The van der Waals surface area contributed by atoms with E-state index < -0.39 is 17.8 Å². The summed E-state index contributed by atoms with van der Waals surface area (Å²) in [7, 11) is 0. The number of nitrogens with zero attached hydrogens (tertiary/aromatic N) is 2. The summed E-state index contributed by atoms with van der Waals surface area (Å²) in [6, 6.07) is 2.86. The Morgan fingerprint density at radius 1 is 1.12 bits per heavy atom. The van der Waals surface area contributed by atoms with Crippen LogP contribution in [0.3, 0.4) is 0 Å². The number of imide groups is 2. The van der Waals surface area contributed by atoms with Crippen LogP contribution in [-0.4, -0.2) is 35.8 Å². The minimum absolute atomic E-state index is 0.0433. The lowest BCUT2D eigenvalue weighted by molar-refractivity contribution is -0.122. The van der Waals surface area contributed by atoms with Gasteiger partial charge in [0.05, 0.1) is 5.69 Å². The van der Waals surface area contributed by atoms with Crippen LogP contribution in [-0.2, 0) is 9.59 Å². The first kappa shape index (κ1) is 18.2. The van der Waals surface area contributed by atoms with Crippen molar-refractivity contribution in [1.82, 2.24) is 10.2 Å². The first-order chi connectivity index (χ1) is 11.3. The molecule has 24 heavy (non-hydrogen) atoms. The maximum Gasteiger partial charge on any atom is 0.335 e. The zero-order valence-electron chi connectivity index (χ0n) is 14.1. The molecule has 1 aliphatic rings. The second-order valence-corrected chi connectivity index (χ2v) is 6.41. The third kappa shape index (κ3) is 3.36. The highest BCUT2D eigenvalue weighted by atomic mass is 79.9. The summed E-state index contributed by atoms with van der Waals surface area (Å²) in [5, 5.41) is 2.24. The van der Waals surface area contributed by atoms with Crippen molar-refractivity contribution in [3.8, 4) is 0 Å². The summed E-state index contributed by atoms with van der Waals surface area (Å²) in [6.45, 7) is 8.85. The third-order valence-electron chi connectivity index (χ3n) is 3.94. The maximum atomic E-state index is 12.8. The monoisotopic (exact) mass is 393 g/mol. The number of aryl methyl sites for hydroxylation is 2. The molecule has 1 saturated heterocycles. The topological polar surface area (TPSA) is 69.7 Å². The van der Waals surface area contributed by atoms with Gasteiger partial charge in [0.15, 0.2) is 0 Å². The van der Waals surface area contributed by atoms with Crippen LogP contribution in [0.4, 0.5) is 10.5 Å². The number of benzene rings is 1. The molecule has 4 amide bonds. The molecule has 1 heterocycles. The van der Waals surface area contributed by atoms with E-state index in [1.165, 1.54) is 6.20 Å². The Balaban J connectivity index is 2.51. The highest BCUT2D eigenvalue weighted by Crippen LogP contribution is 2.29. The molecule has 0 unspecified atom stereocenters. The molecule has 1 aromatic rings. The van der Waals surface area contributed by atoms with Gasteiger partial charge in [0.2, 0.25) is 0 Å². The molecule has 2 rings (SSSR count). The lowest BCUT2D eigenvalue weighted by Gasteiger charge is -2.29. The number of hydrogen-bond donors (Lipinski definition) is 1. The van der Waals surface area contributed by atoms with E-state index in [0.717, 1.165) is 20.5 Å². The molecular formula is C17H20BrN3O3. The summed E-state index contributed by atoms with van der Waals surface area (Å²) in [5.74, 6) is -1.28. The molecule has 1 fully saturated rings. The number of barbiturate groups is 1. The first-order valence-corrected chi connectivity index (χ1v) is 8.51. The van der Waals surface area contributed by atoms with Crippen molar-refractivity contribution in [3.63, 3.8) is 0 Å². The van der Waals surface area contributed by atoms with E-state index in [0.29, 0.717) is 18.8 Å². The molecule has 1 aliphatic heterocycles. The molecule has 1 N–H and O–H groups in total. The van der Waals surface area contributed by atoms with Crippen molar-refractivity contribution in [2.75, 3.05) is 18.0 Å². The molecule has 0 aliphatic carbocycles. The van der Waals surface area contributed by atoms with Gasteiger partial charge in [0.1, 0.15) is 5.57 Å². The lowest BCUT2D eigenvalue weighted by Crippen LogP contribution is -2.55. The van der Waals surface area contributed by atoms with Gasteiger partial charge in [0.25, 0.3) is 11.8 Å². The number of hydrogen-bond acceptors (Lipinski definition) is 4. The van der Waals surface area contributed by atoms with Crippen molar-refractivity contribution in [2.45, 2.75) is 27.7 Å². The molecular weight excluding hydrogens is 374 g/mol. The van der Waals surface area contributed by atoms with Crippen LogP contribution in [0.2, 0.25) is 0 Å². The van der Waals surface area contributed by atoms with Crippen LogP contribution in [0, 0.1) is 13.8 Å². The van der Waals surface area contributed by atoms with Crippen molar-refractivity contribution < 1.29 is 14.4 Å². The standard InChI is InChI=1S/C17H20BrN3O3/c1-5-20(6-2)9-12-15(22)19-17(24)21(16(12)23)14-8-10(3)13(18)7-11(14)4/h7-9H,5-6H2,1-4H3,(H,19,22,24)/b12-9+. The molecule has 0 atom stereocenters. The van der Waals surface area contributed by atoms with Gasteiger partial charge in [-0.1, -0.05) is 15.9 Å². The largest absolute Gasteiger partial charge is 0.377 e. The number of urea groups is 1. The maximum absolute atomic E-state index is 12.8. The second kappa shape index (κ2) is 7.17. The molecule has 0 bridgehead atoms. The van der Waals surface area contributed by atoms with Crippen LogP contribution in [0.5, 0.6) is 0 Å². The second-order valence-electron chi connectivity index (χ2n) is 5.55. The van der Waals surface area contributed by atoms with Gasteiger partial charge in [-0.15, -0.1) is 0 Å². The Kier molecular flexibility index (Phi) is 5.43. The SMILES string of the molecule is CCN(/C=C1\C(=O)NC(=O)N(c2cc(C)c(Br)cc2C)C1=O)CC. The Morgan fingerprint density at radius 3 is 2.33 bits per heavy atom. The predicted octanol–water partition coefficient (Wildman–Crippen LogP) is 2.87. The van der Waals surface area contributed by atoms with Crippen molar-refractivity contribution in [2.24, 2.45) is 0 Å². The molecule has 1 aromatic carbocycles. The Hall–Kier alpha value is -2.15. The number of amides is 4. The fourth-order valence-electron chi connectivity index (χ4n) is 2.46. The minimum Gasteiger partial charge on any atom is -0.377 e. The molecule has 0 radical (unpaired) electrons. The average Bonchev–Trinajstić information content (AvgIpc) is 2.52. The van der Waals surface area contributed by atoms with Gasteiger partial charge < -0.3 is 4.90 Å². The van der Waals surface area contributed by atoms with Crippen LogP contribution in [0.15, 0.2) is 28.4 Å². The van der Waals surface area contributed by atoms with Crippen molar-refractivity contribution in [1.29, 1.82) is 0 Å². The van der Waals surface area contributed by atoms with E-state index in [9.17, 15) is 14.4 Å². The molecule has 0 saturated carbocycles. The summed E-state index contributed by atoms with van der Waals surface area (Å²) in [5.41, 5.74) is 2.07. The predicted molar refractivity (Wildman–Crippen MR) is 95.6 cm³/mol. The van der Waals surface area contributed by atoms with E-state index in [1.54, 1.807) is 6.07 Å². The number of carbonyl (C=O) groups is 3. The zero-order chi connectivity index (χ0) is 18.0. The smallest absolute Gasteiger partial charge is 0.335 e. The van der Waals surface area contributed by atoms with E-state index >= 15 is 0 Å². The summed E-state index contributed by atoms with van der Waals surface area (Å²) in [4.78, 5) is 40.0. The van der Waals surface area contributed by atoms with Gasteiger partial charge in [-0.25, -0.2) is 9.69 Å². The summed E-state index contributed by atoms with van der Waals surface area (Å²) < 4.78 is 0.892. The van der Waals surface area contributed by atoms with Gasteiger partial charge in [-0.3, -0.25) is 14.9 Å². The molecule has 0 aromatic heterocycles. The lowest BCUT2D eigenvalue weighted by atomic mass is 10.1. The van der Waals surface area contributed by atoms with Crippen LogP contribution < -0.4 is 10.2 Å². The van der Waals surface area contributed by atoms with E-state index in [4.69, 9.17) is 0 Å². The average molecular weight is 394 g/mol. The quantitative estimate of drug-likeness (QED) is 0.630. The Labute approximate surface area is 149 Å². The Bertz CT molecular complexity index is 739. The molecule has 7 heteroatoms. The summed E-state index contributed by atoms with van der Waals surface area (Å²) >= 11 is 3.43. The highest BCUT2D eigenvalue weighted by molar-refractivity contribution is 9.10. The zero-order valence-corrected chi connectivity index (χ0v) is 15.7.